The standard InChI is InChI=1S/C14H15BrN2O2/c1-9-8-17-12(6-7-19-9)13(15)16-14(17)10-2-4-11(18)5-3-10/h2-5,9,18H,6-8H2,1H3/t9-/m1/s1. The van der Waals surface area contributed by atoms with E-state index in [1.54, 1.807) is 12.1 Å². The van der Waals surface area contributed by atoms with E-state index in [4.69, 9.17) is 4.74 Å². The molecule has 2 heterocycles. The lowest BCUT2D eigenvalue weighted by Gasteiger charge is -2.12. The topological polar surface area (TPSA) is 47.3 Å². The molecule has 5 heteroatoms. The molecule has 0 bridgehead atoms. The lowest BCUT2D eigenvalue weighted by molar-refractivity contribution is 0.0666. The third kappa shape index (κ3) is 2.40. The largest absolute Gasteiger partial charge is 0.508 e. The van der Waals surface area contributed by atoms with Gasteiger partial charge < -0.3 is 14.4 Å². The number of fused-ring (bicyclic) bond motifs is 1. The summed E-state index contributed by atoms with van der Waals surface area (Å²) in [7, 11) is 0. The molecule has 4 nitrogen and oxygen atoms in total. The summed E-state index contributed by atoms with van der Waals surface area (Å²) in [6, 6.07) is 7.13. The maximum Gasteiger partial charge on any atom is 0.141 e. The third-order valence-corrected chi connectivity index (χ3v) is 3.97. The van der Waals surface area contributed by atoms with E-state index < -0.39 is 0 Å². The molecule has 0 aliphatic carbocycles. The summed E-state index contributed by atoms with van der Waals surface area (Å²) in [5, 5.41) is 9.38. The number of phenolic OH excluding ortho intramolecular Hbond substituents is 1. The van der Waals surface area contributed by atoms with E-state index in [9.17, 15) is 5.11 Å². The molecule has 1 aromatic heterocycles. The number of aromatic nitrogens is 2. The Balaban J connectivity index is 2.09. The predicted octanol–water partition coefficient (Wildman–Crippen LogP) is 2.98. The minimum Gasteiger partial charge on any atom is -0.508 e. The van der Waals surface area contributed by atoms with Gasteiger partial charge in [-0.25, -0.2) is 4.98 Å². The van der Waals surface area contributed by atoms with Crippen molar-refractivity contribution in [2.75, 3.05) is 6.61 Å². The molecule has 1 aliphatic heterocycles. The van der Waals surface area contributed by atoms with E-state index in [2.05, 4.69) is 32.4 Å². The number of ether oxygens (including phenoxy) is 1. The number of halogens is 1. The summed E-state index contributed by atoms with van der Waals surface area (Å²) in [5.74, 6) is 1.18. The zero-order valence-corrected chi connectivity index (χ0v) is 12.2. The molecular weight excluding hydrogens is 308 g/mol. The van der Waals surface area contributed by atoms with E-state index >= 15 is 0 Å². The number of benzene rings is 1. The number of hydrogen-bond acceptors (Lipinski definition) is 3. The van der Waals surface area contributed by atoms with Crippen molar-refractivity contribution in [2.45, 2.75) is 26.0 Å². The van der Waals surface area contributed by atoms with Crippen LogP contribution in [0.2, 0.25) is 0 Å². The minimum atomic E-state index is 0.179. The fourth-order valence-electron chi connectivity index (χ4n) is 2.39. The summed E-state index contributed by atoms with van der Waals surface area (Å²) in [4.78, 5) is 4.61. The van der Waals surface area contributed by atoms with Gasteiger partial charge in [-0.1, -0.05) is 0 Å². The van der Waals surface area contributed by atoms with Crippen LogP contribution in [0.1, 0.15) is 12.6 Å². The molecule has 2 aromatic rings. The highest BCUT2D eigenvalue weighted by atomic mass is 79.9. The normalized spacial score (nSPS) is 18.9. The van der Waals surface area contributed by atoms with Gasteiger partial charge in [-0.05, 0) is 47.1 Å². The van der Waals surface area contributed by atoms with Crippen molar-refractivity contribution in [2.24, 2.45) is 0 Å². The highest BCUT2D eigenvalue weighted by Crippen LogP contribution is 2.29. The van der Waals surface area contributed by atoms with Crippen molar-refractivity contribution < 1.29 is 9.84 Å². The second kappa shape index (κ2) is 4.98. The Bertz CT molecular complexity index is 592. The highest BCUT2D eigenvalue weighted by molar-refractivity contribution is 9.10. The van der Waals surface area contributed by atoms with Gasteiger partial charge in [0.15, 0.2) is 0 Å². The fourth-order valence-corrected chi connectivity index (χ4v) is 2.97. The van der Waals surface area contributed by atoms with Gasteiger partial charge in [0.25, 0.3) is 0 Å². The summed E-state index contributed by atoms with van der Waals surface area (Å²) < 4.78 is 8.78. The number of imidazole rings is 1. The van der Waals surface area contributed by atoms with Crippen molar-refractivity contribution in [3.63, 3.8) is 0 Å². The molecule has 0 saturated carbocycles. The summed E-state index contributed by atoms with van der Waals surface area (Å²) in [6.45, 7) is 3.59. The number of aromatic hydroxyl groups is 1. The molecule has 0 radical (unpaired) electrons. The molecule has 0 spiro atoms. The van der Waals surface area contributed by atoms with Gasteiger partial charge in [-0.15, -0.1) is 0 Å². The Kier molecular flexibility index (Phi) is 3.33. The Labute approximate surface area is 120 Å². The van der Waals surface area contributed by atoms with Gasteiger partial charge >= 0.3 is 0 Å². The van der Waals surface area contributed by atoms with E-state index in [0.717, 1.165) is 35.6 Å². The van der Waals surface area contributed by atoms with Crippen LogP contribution in [-0.4, -0.2) is 27.4 Å². The number of phenols is 1. The van der Waals surface area contributed by atoms with Gasteiger partial charge in [0.1, 0.15) is 16.2 Å². The Morgan fingerprint density at radius 2 is 2.11 bits per heavy atom. The van der Waals surface area contributed by atoms with E-state index in [-0.39, 0.29) is 11.9 Å². The SMILES string of the molecule is C[C@@H]1Cn2c(-c3ccc(O)cc3)nc(Br)c2CCO1. The molecule has 19 heavy (non-hydrogen) atoms. The first-order chi connectivity index (χ1) is 9.15. The van der Waals surface area contributed by atoms with Crippen LogP contribution in [0.15, 0.2) is 28.9 Å². The maximum atomic E-state index is 9.38. The molecule has 0 saturated heterocycles. The zero-order chi connectivity index (χ0) is 13.4. The van der Waals surface area contributed by atoms with Crippen LogP contribution in [0, 0.1) is 0 Å². The molecule has 0 fully saturated rings. The van der Waals surface area contributed by atoms with E-state index in [1.165, 1.54) is 5.69 Å². The molecular formula is C14H15BrN2O2. The van der Waals surface area contributed by atoms with Crippen LogP contribution < -0.4 is 0 Å². The highest BCUT2D eigenvalue weighted by Gasteiger charge is 2.21. The van der Waals surface area contributed by atoms with Crippen LogP contribution in [0.5, 0.6) is 5.75 Å². The zero-order valence-electron chi connectivity index (χ0n) is 10.6. The van der Waals surface area contributed by atoms with Crippen molar-refractivity contribution in [1.29, 1.82) is 0 Å². The van der Waals surface area contributed by atoms with Gasteiger partial charge in [-0.3, -0.25) is 0 Å². The second-order valence-electron chi connectivity index (χ2n) is 4.76. The lowest BCUT2D eigenvalue weighted by atomic mass is 10.2. The summed E-state index contributed by atoms with van der Waals surface area (Å²) >= 11 is 3.53. The first-order valence-corrected chi connectivity index (χ1v) is 7.10. The maximum absolute atomic E-state index is 9.38. The lowest BCUT2D eigenvalue weighted by Crippen LogP contribution is -2.14. The summed E-state index contributed by atoms with van der Waals surface area (Å²) in [6.07, 6.45) is 1.04. The summed E-state index contributed by atoms with van der Waals surface area (Å²) in [5.41, 5.74) is 2.17. The van der Waals surface area contributed by atoms with Crippen LogP contribution in [-0.2, 0) is 17.7 Å². The second-order valence-corrected chi connectivity index (χ2v) is 5.51. The van der Waals surface area contributed by atoms with Crippen LogP contribution in [0.3, 0.4) is 0 Å². The van der Waals surface area contributed by atoms with E-state index in [0.29, 0.717) is 0 Å². The average Bonchev–Trinajstić information content (AvgIpc) is 2.58. The van der Waals surface area contributed by atoms with Gasteiger partial charge in [0.05, 0.1) is 24.9 Å². The predicted molar refractivity (Wildman–Crippen MR) is 76.1 cm³/mol. The molecule has 1 atom stereocenters. The number of hydrogen-bond donors (Lipinski definition) is 1. The molecule has 3 rings (SSSR count). The third-order valence-electron chi connectivity index (χ3n) is 3.33. The van der Waals surface area contributed by atoms with E-state index in [1.807, 2.05) is 12.1 Å². The quantitative estimate of drug-likeness (QED) is 0.878. The Hall–Kier alpha value is -1.33. The van der Waals surface area contributed by atoms with Gasteiger partial charge in [-0.2, -0.15) is 0 Å². The monoisotopic (exact) mass is 322 g/mol. The molecule has 100 valence electrons. The molecule has 1 N–H and O–H groups in total. The van der Waals surface area contributed by atoms with Crippen molar-refractivity contribution in [1.82, 2.24) is 9.55 Å². The molecule has 0 unspecified atom stereocenters. The molecule has 0 amide bonds. The minimum absolute atomic E-state index is 0.179. The Morgan fingerprint density at radius 1 is 1.37 bits per heavy atom. The first kappa shape index (κ1) is 12.7. The van der Waals surface area contributed by atoms with Crippen molar-refractivity contribution in [3.05, 3.63) is 34.6 Å². The Morgan fingerprint density at radius 3 is 2.84 bits per heavy atom. The van der Waals surface area contributed by atoms with Crippen LogP contribution in [0.4, 0.5) is 0 Å². The smallest absolute Gasteiger partial charge is 0.141 e. The number of rotatable bonds is 1. The van der Waals surface area contributed by atoms with Gasteiger partial charge in [0, 0.05) is 12.0 Å². The van der Waals surface area contributed by atoms with Crippen LogP contribution >= 0.6 is 15.9 Å². The number of nitrogens with zero attached hydrogens (tertiary/aromatic N) is 2. The molecule has 1 aliphatic rings. The van der Waals surface area contributed by atoms with Gasteiger partial charge in [0.2, 0.25) is 0 Å². The van der Waals surface area contributed by atoms with Crippen LogP contribution in [0.25, 0.3) is 11.4 Å². The van der Waals surface area contributed by atoms with Crippen molar-refractivity contribution in [3.8, 4) is 17.1 Å². The molecule has 1 aromatic carbocycles. The van der Waals surface area contributed by atoms with Crippen molar-refractivity contribution >= 4 is 15.9 Å². The first-order valence-electron chi connectivity index (χ1n) is 6.31. The fraction of sp³-hybridized carbons (Fsp3) is 0.357. The average molecular weight is 323 g/mol.